The molecule has 0 aliphatic heterocycles. The first-order valence-corrected chi connectivity index (χ1v) is 6.85. The summed E-state index contributed by atoms with van der Waals surface area (Å²) in [5.41, 5.74) is 1.90. The Balaban J connectivity index is 1.96. The molecule has 1 amide bonds. The summed E-state index contributed by atoms with van der Waals surface area (Å²) in [6, 6.07) is 7.60. The van der Waals surface area contributed by atoms with Gasteiger partial charge in [0.1, 0.15) is 5.54 Å². The first kappa shape index (κ1) is 13.5. The van der Waals surface area contributed by atoms with Crippen molar-refractivity contribution in [3.8, 4) is 0 Å². The second-order valence-electron chi connectivity index (χ2n) is 5.66. The maximum Gasteiger partial charge on any atom is 0.329 e. The number of nitrogens with zero attached hydrogens (tertiary/aromatic N) is 1. The van der Waals surface area contributed by atoms with E-state index in [1.165, 1.54) is 0 Å². The van der Waals surface area contributed by atoms with Gasteiger partial charge in [0.2, 0.25) is 0 Å². The van der Waals surface area contributed by atoms with Crippen LogP contribution in [0.4, 0.5) is 0 Å². The van der Waals surface area contributed by atoms with E-state index in [9.17, 15) is 9.59 Å². The predicted octanol–water partition coefficient (Wildman–Crippen LogP) is 2.20. The lowest BCUT2D eigenvalue weighted by Crippen LogP contribution is -2.43. The number of hydrogen-bond acceptors (Lipinski definition) is 3. The molecule has 1 fully saturated rings. The van der Waals surface area contributed by atoms with Gasteiger partial charge in [-0.1, -0.05) is 12.1 Å². The molecule has 0 bridgehead atoms. The second kappa shape index (κ2) is 4.55. The van der Waals surface area contributed by atoms with Gasteiger partial charge in [0.25, 0.3) is 5.91 Å². The zero-order valence-corrected chi connectivity index (χ0v) is 11.9. The Hall–Kier alpha value is -2.43. The number of nitrogens with one attached hydrogen (secondary N) is 1. The second-order valence-corrected chi connectivity index (χ2v) is 5.66. The number of hydrogen-bond donors (Lipinski definition) is 2. The summed E-state index contributed by atoms with van der Waals surface area (Å²) in [6.45, 7) is 3.75. The van der Waals surface area contributed by atoms with Crippen LogP contribution in [0.1, 0.15) is 34.5 Å². The van der Waals surface area contributed by atoms with Crippen molar-refractivity contribution in [1.29, 1.82) is 0 Å². The van der Waals surface area contributed by atoms with Crippen LogP contribution in [0.2, 0.25) is 0 Å². The summed E-state index contributed by atoms with van der Waals surface area (Å²) in [7, 11) is 0. The molecule has 108 valence electrons. The van der Waals surface area contributed by atoms with Crippen molar-refractivity contribution in [3.63, 3.8) is 0 Å². The van der Waals surface area contributed by atoms with Crippen molar-refractivity contribution in [2.45, 2.75) is 32.2 Å². The first-order valence-electron chi connectivity index (χ1n) is 6.85. The first-order chi connectivity index (χ1) is 9.91. The molecule has 1 heterocycles. The molecule has 1 saturated carbocycles. The summed E-state index contributed by atoms with van der Waals surface area (Å²) in [5, 5.41) is 12.6. The number of benzene rings is 1. The van der Waals surface area contributed by atoms with E-state index in [0.29, 0.717) is 24.1 Å². The quantitative estimate of drug-likeness (QED) is 0.905. The molecule has 2 N–H and O–H groups in total. The van der Waals surface area contributed by atoms with Crippen LogP contribution in [0.15, 0.2) is 24.3 Å². The van der Waals surface area contributed by atoms with E-state index in [-0.39, 0.29) is 5.91 Å². The maximum absolute atomic E-state index is 12.3. The number of aromatic nitrogens is 1. The molecule has 2 aromatic rings. The zero-order chi connectivity index (χ0) is 15.2. The number of fused-ring (bicyclic) bond motifs is 1. The van der Waals surface area contributed by atoms with Gasteiger partial charge in [0.05, 0.1) is 16.8 Å². The number of carboxylic acids is 1. The Bertz CT molecular complexity index is 763. The fourth-order valence-corrected chi connectivity index (χ4v) is 2.41. The minimum atomic E-state index is -1.08. The molecule has 0 spiro atoms. The van der Waals surface area contributed by atoms with Crippen molar-refractivity contribution in [2.75, 3.05) is 0 Å². The van der Waals surface area contributed by atoms with Crippen LogP contribution >= 0.6 is 0 Å². The van der Waals surface area contributed by atoms with E-state index in [2.05, 4.69) is 10.3 Å². The van der Waals surface area contributed by atoms with Crippen molar-refractivity contribution >= 4 is 22.8 Å². The number of carboxylic acid groups (broad SMARTS) is 1. The molecule has 1 aromatic heterocycles. The van der Waals surface area contributed by atoms with Crippen molar-refractivity contribution in [1.82, 2.24) is 10.3 Å². The van der Waals surface area contributed by atoms with Gasteiger partial charge in [-0.25, -0.2) is 4.79 Å². The van der Waals surface area contributed by atoms with Gasteiger partial charge in [0.15, 0.2) is 0 Å². The van der Waals surface area contributed by atoms with Crippen LogP contribution in [0, 0.1) is 13.8 Å². The molecule has 0 unspecified atom stereocenters. The molecule has 0 radical (unpaired) electrons. The lowest BCUT2D eigenvalue weighted by atomic mass is 10.1. The van der Waals surface area contributed by atoms with Crippen LogP contribution in [-0.2, 0) is 4.79 Å². The van der Waals surface area contributed by atoms with Crippen LogP contribution in [0.25, 0.3) is 10.9 Å². The average molecular weight is 284 g/mol. The van der Waals surface area contributed by atoms with Gasteiger partial charge in [0, 0.05) is 5.39 Å². The molecule has 1 aromatic carbocycles. The van der Waals surface area contributed by atoms with Crippen LogP contribution < -0.4 is 5.32 Å². The largest absolute Gasteiger partial charge is 0.480 e. The van der Waals surface area contributed by atoms with E-state index in [1.807, 2.05) is 25.1 Å². The molecule has 0 saturated heterocycles. The number of amides is 1. The zero-order valence-electron chi connectivity index (χ0n) is 11.9. The van der Waals surface area contributed by atoms with Crippen LogP contribution in [-0.4, -0.2) is 27.5 Å². The van der Waals surface area contributed by atoms with Crippen molar-refractivity contribution in [3.05, 3.63) is 41.1 Å². The summed E-state index contributed by atoms with van der Waals surface area (Å²) < 4.78 is 0. The molecular formula is C16H16N2O3. The van der Waals surface area contributed by atoms with Gasteiger partial charge in [-0.3, -0.25) is 9.78 Å². The fourth-order valence-electron chi connectivity index (χ4n) is 2.41. The molecule has 0 atom stereocenters. The number of aliphatic carboxylic acids is 1. The molecule has 5 nitrogen and oxygen atoms in total. The Morgan fingerprint density at radius 2 is 1.95 bits per heavy atom. The molecule has 1 aliphatic rings. The van der Waals surface area contributed by atoms with E-state index in [4.69, 9.17) is 5.11 Å². The lowest BCUT2D eigenvalue weighted by molar-refractivity contribution is -0.140. The van der Waals surface area contributed by atoms with Gasteiger partial charge < -0.3 is 10.4 Å². The highest BCUT2D eigenvalue weighted by Gasteiger charge is 2.51. The fraction of sp³-hybridized carbons (Fsp3) is 0.312. The van der Waals surface area contributed by atoms with Gasteiger partial charge >= 0.3 is 5.97 Å². The predicted molar refractivity (Wildman–Crippen MR) is 78.3 cm³/mol. The molecule has 3 rings (SSSR count). The van der Waals surface area contributed by atoms with Gasteiger partial charge in [-0.2, -0.15) is 0 Å². The summed E-state index contributed by atoms with van der Waals surface area (Å²) in [5.74, 6) is -1.35. The molecular weight excluding hydrogens is 268 g/mol. The Labute approximate surface area is 122 Å². The lowest BCUT2D eigenvalue weighted by Gasteiger charge is -2.14. The minimum Gasteiger partial charge on any atom is -0.480 e. The van der Waals surface area contributed by atoms with E-state index in [1.54, 1.807) is 13.0 Å². The Kier molecular flexibility index (Phi) is 2.93. The number of pyridine rings is 1. The average Bonchev–Trinajstić information content (AvgIpc) is 3.18. The Morgan fingerprint density at radius 3 is 2.57 bits per heavy atom. The van der Waals surface area contributed by atoms with Crippen molar-refractivity contribution < 1.29 is 14.7 Å². The maximum atomic E-state index is 12.3. The third-order valence-corrected chi connectivity index (χ3v) is 3.92. The smallest absolute Gasteiger partial charge is 0.329 e. The molecule has 5 heteroatoms. The summed E-state index contributed by atoms with van der Waals surface area (Å²) >= 11 is 0. The van der Waals surface area contributed by atoms with Gasteiger partial charge in [-0.05, 0) is 44.4 Å². The summed E-state index contributed by atoms with van der Waals surface area (Å²) in [4.78, 5) is 27.9. The van der Waals surface area contributed by atoms with Crippen LogP contribution in [0.3, 0.4) is 0 Å². The third-order valence-electron chi connectivity index (χ3n) is 3.92. The highest BCUT2D eigenvalue weighted by Crippen LogP contribution is 2.36. The normalized spacial score (nSPS) is 15.7. The molecule has 21 heavy (non-hydrogen) atoms. The van der Waals surface area contributed by atoms with E-state index < -0.39 is 11.5 Å². The highest BCUT2D eigenvalue weighted by molar-refractivity contribution is 6.01. The Morgan fingerprint density at radius 1 is 1.24 bits per heavy atom. The number of carbonyl (C=O) groups is 2. The van der Waals surface area contributed by atoms with E-state index >= 15 is 0 Å². The number of aryl methyl sites for hydroxylation is 2. The van der Waals surface area contributed by atoms with Gasteiger partial charge in [-0.15, -0.1) is 0 Å². The SMILES string of the molecule is Cc1ccc2cc(C(=O)NC3(C(=O)O)CC3)c(C)nc2c1. The highest BCUT2D eigenvalue weighted by atomic mass is 16.4. The standard InChI is InChI=1S/C16H16N2O3/c1-9-3-4-11-8-12(10(2)17-13(11)7-9)14(19)18-16(5-6-16)15(20)21/h3-4,7-8H,5-6H2,1-2H3,(H,18,19)(H,20,21). The topological polar surface area (TPSA) is 79.3 Å². The number of rotatable bonds is 3. The number of carbonyl (C=O) groups excluding carboxylic acids is 1. The monoisotopic (exact) mass is 284 g/mol. The summed E-state index contributed by atoms with van der Waals surface area (Å²) in [6.07, 6.45) is 0.959. The third kappa shape index (κ3) is 2.35. The minimum absolute atomic E-state index is 0.373. The van der Waals surface area contributed by atoms with Crippen molar-refractivity contribution in [2.24, 2.45) is 0 Å². The van der Waals surface area contributed by atoms with Crippen LogP contribution in [0.5, 0.6) is 0 Å². The molecule has 1 aliphatic carbocycles. The van der Waals surface area contributed by atoms with E-state index in [0.717, 1.165) is 16.5 Å².